The fourth-order valence-electron chi connectivity index (χ4n) is 1.27. The highest BCUT2D eigenvalue weighted by Crippen LogP contribution is 2.35. The standard InChI is InChI=1S/C12H7F7O3/c13-7-3-1-6(2-4-7)8(20)5-9(21)22-10(11(14,15)16)12(17,18)19/h1-5,10,20H/p-1/b8-5-. The molecule has 0 amide bonds. The number of carbonyl (C=O) groups excluding carboxylic acids is 1. The Labute approximate surface area is 118 Å². The zero-order valence-corrected chi connectivity index (χ0v) is 10.3. The second kappa shape index (κ2) is 6.24. The Morgan fingerprint density at radius 2 is 1.50 bits per heavy atom. The number of benzene rings is 1. The average molecular weight is 331 g/mol. The summed E-state index contributed by atoms with van der Waals surface area (Å²) in [6, 6.07) is 3.43. The fourth-order valence-corrected chi connectivity index (χ4v) is 1.27. The van der Waals surface area contributed by atoms with Crippen molar-refractivity contribution in [2.75, 3.05) is 0 Å². The Kier molecular flexibility index (Phi) is 5.05. The smallest absolute Gasteiger partial charge is 0.434 e. The van der Waals surface area contributed by atoms with Gasteiger partial charge in [-0.3, -0.25) is 0 Å². The lowest BCUT2D eigenvalue weighted by molar-refractivity contribution is -0.312. The van der Waals surface area contributed by atoms with E-state index >= 15 is 0 Å². The molecule has 0 radical (unpaired) electrons. The van der Waals surface area contributed by atoms with Crippen LogP contribution in [0.4, 0.5) is 30.7 Å². The third kappa shape index (κ3) is 4.93. The summed E-state index contributed by atoms with van der Waals surface area (Å²) in [5.41, 5.74) is -0.311. The number of hydrogen-bond acceptors (Lipinski definition) is 3. The van der Waals surface area contributed by atoms with Crippen LogP contribution in [0.2, 0.25) is 0 Å². The van der Waals surface area contributed by atoms with Crippen molar-refractivity contribution in [2.45, 2.75) is 18.5 Å². The van der Waals surface area contributed by atoms with E-state index in [0.29, 0.717) is 0 Å². The van der Waals surface area contributed by atoms with Gasteiger partial charge in [-0.1, -0.05) is 17.9 Å². The maximum absolute atomic E-state index is 12.6. The summed E-state index contributed by atoms with van der Waals surface area (Å²) in [6.45, 7) is 0. The molecule has 0 fully saturated rings. The maximum atomic E-state index is 12.6. The highest BCUT2D eigenvalue weighted by molar-refractivity contribution is 5.89. The molecule has 22 heavy (non-hydrogen) atoms. The molecule has 1 rings (SSSR count). The molecule has 0 aliphatic rings. The Morgan fingerprint density at radius 1 is 1.05 bits per heavy atom. The number of alkyl halides is 6. The van der Waals surface area contributed by atoms with E-state index in [1.54, 1.807) is 0 Å². The van der Waals surface area contributed by atoms with Crippen molar-refractivity contribution in [3.63, 3.8) is 0 Å². The molecule has 3 nitrogen and oxygen atoms in total. The average Bonchev–Trinajstić information content (AvgIpc) is 2.34. The summed E-state index contributed by atoms with van der Waals surface area (Å²) in [7, 11) is 0. The summed E-state index contributed by atoms with van der Waals surface area (Å²) >= 11 is 0. The number of carbonyl (C=O) groups is 1. The highest BCUT2D eigenvalue weighted by atomic mass is 19.4. The Morgan fingerprint density at radius 3 is 1.91 bits per heavy atom. The van der Waals surface area contributed by atoms with Gasteiger partial charge in [0.15, 0.2) is 0 Å². The van der Waals surface area contributed by atoms with Gasteiger partial charge < -0.3 is 9.84 Å². The van der Waals surface area contributed by atoms with Crippen LogP contribution in [0.1, 0.15) is 5.56 Å². The number of rotatable bonds is 3. The molecule has 0 aliphatic carbocycles. The van der Waals surface area contributed by atoms with Crippen molar-refractivity contribution in [1.29, 1.82) is 0 Å². The van der Waals surface area contributed by atoms with Crippen molar-refractivity contribution in [3.8, 4) is 0 Å². The quantitative estimate of drug-likeness (QED) is 0.370. The van der Waals surface area contributed by atoms with Gasteiger partial charge in [-0.25, -0.2) is 9.18 Å². The van der Waals surface area contributed by atoms with Gasteiger partial charge in [0.25, 0.3) is 6.10 Å². The Bertz CT molecular complexity index is 544. The van der Waals surface area contributed by atoms with E-state index in [-0.39, 0.29) is 11.6 Å². The molecular formula is C12H6F7O3-. The van der Waals surface area contributed by atoms with Crippen LogP contribution in [0.25, 0.3) is 5.76 Å². The first-order valence-electron chi connectivity index (χ1n) is 5.40. The minimum absolute atomic E-state index is 0.0856. The van der Waals surface area contributed by atoms with E-state index < -0.39 is 36.0 Å². The van der Waals surface area contributed by atoms with Gasteiger partial charge in [-0.05, 0) is 17.7 Å². The number of hydrogen-bond donors (Lipinski definition) is 0. The normalized spacial score (nSPS) is 13.4. The molecule has 0 aliphatic heterocycles. The van der Waals surface area contributed by atoms with Crippen LogP contribution < -0.4 is 5.11 Å². The minimum atomic E-state index is -5.87. The second-order valence-electron chi connectivity index (χ2n) is 3.92. The first-order valence-corrected chi connectivity index (χ1v) is 5.40. The predicted octanol–water partition coefficient (Wildman–Crippen LogP) is 2.56. The largest absolute Gasteiger partial charge is 0.872 e. The maximum Gasteiger partial charge on any atom is 0.434 e. The molecule has 0 saturated heterocycles. The first-order chi connectivity index (χ1) is 9.91. The molecule has 1 aromatic carbocycles. The van der Waals surface area contributed by atoms with Crippen LogP contribution >= 0.6 is 0 Å². The molecule has 0 aromatic heterocycles. The zero-order chi connectivity index (χ0) is 17.1. The summed E-state index contributed by atoms with van der Waals surface area (Å²) in [4.78, 5) is 11.0. The van der Waals surface area contributed by atoms with Gasteiger partial charge in [0.2, 0.25) is 0 Å². The summed E-state index contributed by atoms with van der Waals surface area (Å²) < 4.78 is 88.7. The molecule has 0 unspecified atom stereocenters. The van der Waals surface area contributed by atoms with Gasteiger partial charge in [0.05, 0.1) is 0 Å². The molecule has 0 atom stereocenters. The fraction of sp³-hybridized carbons (Fsp3) is 0.250. The summed E-state index contributed by atoms with van der Waals surface area (Å²) in [5.74, 6) is -4.07. The zero-order valence-electron chi connectivity index (χ0n) is 10.3. The molecule has 0 heterocycles. The highest BCUT2D eigenvalue weighted by Gasteiger charge is 2.59. The molecule has 0 spiro atoms. The van der Waals surface area contributed by atoms with Gasteiger partial charge >= 0.3 is 18.3 Å². The molecule has 0 N–H and O–H groups in total. The lowest BCUT2D eigenvalue weighted by Crippen LogP contribution is -2.45. The molecule has 1 aromatic rings. The SMILES string of the molecule is O=C(/C=C(\[O-])c1ccc(F)cc1)OC(C(F)(F)F)C(F)(F)F. The van der Waals surface area contributed by atoms with Crippen molar-refractivity contribution in [1.82, 2.24) is 0 Å². The van der Waals surface area contributed by atoms with E-state index in [4.69, 9.17) is 0 Å². The first kappa shape index (κ1) is 17.8. The van der Waals surface area contributed by atoms with Gasteiger partial charge in [-0.15, -0.1) is 0 Å². The monoisotopic (exact) mass is 331 g/mol. The van der Waals surface area contributed by atoms with Crippen LogP contribution in [-0.4, -0.2) is 24.4 Å². The van der Waals surface area contributed by atoms with Crippen molar-refractivity contribution in [3.05, 3.63) is 41.7 Å². The summed E-state index contributed by atoms with van der Waals surface area (Å²) in [5, 5.41) is 11.4. The van der Waals surface area contributed by atoms with Crippen LogP contribution in [0.5, 0.6) is 0 Å². The minimum Gasteiger partial charge on any atom is -0.872 e. The summed E-state index contributed by atoms with van der Waals surface area (Å²) in [6.07, 6.45) is -16.2. The van der Waals surface area contributed by atoms with Crippen molar-refractivity contribution < 1.29 is 45.4 Å². The van der Waals surface area contributed by atoms with E-state index in [0.717, 1.165) is 24.3 Å². The lowest BCUT2D eigenvalue weighted by atomic mass is 10.2. The van der Waals surface area contributed by atoms with Crippen LogP contribution in [0, 0.1) is 5.82 Å². The van der Waals surface area contributed by atoms with Crippen LogP contribution in [0.15, 0.2) is 30.3 Å². The number of esters is 1. The molecule has 122 valence electrons. The molecule has 0 bridgehead atoms. The van der Waals surface area contributed by atoms with Crippen LogP contribution in [-0.2, 0) is 9.53 Å². The van der Waals surface area contributed by atoms with E-state index in [1.165, 1.54) is 0 Å². The Balaban J connectivity index is 2.91. The second-order valence-corrected chi connectivity index (χ2v) is 3.92. The lowest BCUT2D eigenvalue weighted by Gasteiger charge is -2.22. The number of ether oxygens (including phenoxy) is 1. The third-order valence-electron chi connectivity index (χ3n) is 2.21. The van der Waals surface area contributed by atoms with Crippen molar-refractivity contribution >= 4 is 11.7 Å². The van der Waals surface area contributed by atoms with E-state index in [2.05, 4.69) is 4.74 Å². The van der Waals surface area contributed by atoms with Gasteiger partial charge in [-0.2, -0.15) is 26.3 Å². The van der Waals surface area contributed by atoms with Gasteiger partial charge in [0, 0.05) is 6.08 Å². The van der Waals surface area contributed by atoms with Crippen LogP contribution in [0.3, 0.4) is 0 Å². The van der Waals surface area contributed by atoms with E-state index in [9.17, 15) is 40.6 Å². The van der Waals surface area contributed by atoms with Gasteiger partial charge in [0.1, 0.15) is 5.82 Å². The van der Waals surface area contributed by atoms with Crippen molar-refractivity contribution in [2.24, 2.45) is 0 Å². The topological polar surface area (TPSA) is 49.4 Å². The Hall–Kier alpha value is -2.26. The van der Waals surface area contributed by atoms with E-state index in [1.807, 2.05) is 0 Å². The molecule has 0 saturated carbocycles. The molecular weight excluding hydrogens is 325 g/mol. The number of halogens is 7. The third-order valence-corrected chi connectivity index (χ3v) is 2.21. The molecule has 10 heteroatoms. The predicted molar refractivity (Wildman–Crippen MR) is 56.4 cm³/mol.